The second kappa shape index (κ2) is 4.26. The molecule has 0 N–H and O–H groups in total. The fourth-order valence-electron chi connectivity index (χ4n) is 1.25. The fraction of sp³-hybridized carbons (Fsp3) is 0. The van der Waals surface area contributed by atoms with Gasteiger partial charge in [0.2, 0.25) is 0 Å². The summed E-state index contributed by atoms with van der Waals surface area (Å²) in [4.78, 5) is 0. The molecule has 1 aromatic carbocycles. The van der Waals surface area contributed by atoms with Gasteiger partial charge in [0.05, 0.1) is 9.81 Å². The zero-order valence-corrected chi connectivity index (χ0v) is 14.8. The maximum atomic E-state index is 11.4. The summed E-state index contributed by atoms with van der Waals surface area (Å²) in [5.41, 5.74) is 0.565. The Morgan fingerprint density at radius 3 is 2.18 bits per heavy atom. The monoisotopic (exact) mass is 512 g/mol. The Labute approximate surface area is 129 Å². The minimum atomic E-state index is -3.40. The molecule has 3 fully saturated rings. The van der Waals surface area contributed by atoms with Gasteiger partial charge < -0.3 is 0 Å². The standard InChI is InChI=1S/C6HBr4N2O4P/c7-2-1-3(8)6(5(10)4(2)9)11-12-15-17(13,14-11)16-12/h1H. The number of halogens is 4. The van der Waals surface area contributed by atoms with E-state index in [1.54, 1.807) is 6.07 Å². The summed E-state index contributed by atoms with van der Waals surface area (Å²) in [5.74, 6) is 0. The molecule has 0 atom stereocenters. The third kappa shape index (κ3) is 1.98. The summed E-state index contributed by atoms with van der Waals surface area (Å²) in [6.07, 6.45) is 0. The lowest BCUT2D eigenvalue weighted by molar-refractivity contribution is -0.318. The molecule has 92 valence electrons. The van der Waals surface area contributed by atoms with Crippen LogP contribution in [0.2, 0.25) is 0 Å². The van der Waals surface area contributed by atoms with Crippen molar-refractivity contribution in [3.63, 3.8) is 0 Å². The number of nitrogens with zero attached hydrogens (tertiary/aromatic N) is 2. The maximum absolute atomic E-state index is 11.4. The van der Waals surface area contributed by atoms with Gasteiger partial charge in [-0.05, 0) is 69.8 Å². The molecule has 0 unspecified atom stereocenters. The molecule has 0 aromatic heterocycles. The Balaban J connectivity index is 2.10. The number of hydrogen-bond donors (Lipinski definition) is 0. The van der Waals surface area contributed by atoms with E-state index in [1.165, 1.54) is 0 Å². The molecular weight excluding hydrogens is 515 g/mol. The van der Waals surface area contributed by atoms with Crippen LogP contribution >= 0.6 is 71.5 Å². The molecule has 0 aliphatic carbocycles. The first-order chi connectivity index (χ1) is 7.91. The average molecular weight is 516 g/mol. The lowest BCUT2D eigenvalue weighted by Gasteiger charge is -2.23. The normalized spacial score (nSPS) is 30.6. The molecule has 17 heavy (non-hydrogen) atoms. The lowest BCUT2D eigenvalue weighted by Crippen LogP contribution is -2.34. The second-order valence-electron chi connectivity index (χ2n) is 3.02. The van der Waals surface area contributed by atoms with Crippen LogP contribution in [-0.2, 0) is 18.4 Å². The average Bonchev–Trinajstić information content (AvgIpc) is 2.67. The number of benzene rings is 1. The Kier molecular flexibility index (Phi) is 3.26. The van der Waals surface area contributed by atoms with Gasteiger partial charge in [0, 0.05) is 13.4 Å². The molecule has 3 aliphatic rings. The first-order valence-corrected chi connectivity index (χ1v) is 8.67. The second-order valence-corrected chi connectivity index (χ2v) is 7.70. The summed E-state index contributed by atoms with van der Waals surface area (Å²) in [6, 6.07) is 1.81. The zero-order valence-electron chi connectivity index (χ0n) is 7.56. The highest BCUT2D eigenvalue weighted by atomic mass is 79.9. The number of rotatable bonds is 1. The largest absolute Gasteiger partial charge is 0.538 e. The third-order valence-corrected chi connectivity index (χ3v) is 6.87. The Hall–Kier alpha value is 1.01. The summed E-state index contributed by atoms with van der Waals surface area (Å²) < 4.78 is 29.1. The van der Waals surface area contributed by atoms with Crippen molar-refractivity contribution in [1.29, 1.82) is 0 Å². The molecule has 3 aliphatic heterocycles. The summed E-state index contributed by atoms with van der Waals surface area (Å²) in [6.45, 7) is 0. The van der Waals surface area contributed by atoms with Crippen LogP contribution in [0.1, 0.15) is 0 Å². The van der Waals surface area contributed by atoms with E-state index in [1.807, 2.05) is 0 Å². The van der Waals surface area contributed by atoms with Gasteiger partial charge >= 0.3 is 7.82 Å². The molecule has 6 nitrogen and oxygen atoms in total. The van der Waals surface area contributed by atoms with Gasteiger partial charge in [-0.3, -0.25) is 0 Å². The maximum Gasteiger partial charge on any atom is 0.538 e. The highest BCUT2D eigenvalue weighted by Gasteiger charge is 2.60. The van der Waals surface area contributed by atoms with Crippen LogP contribution in [0.5, 0.6) is 0 Å². The highest BCUT2D eigenvalue weighted by molar-refractivity contribution is 9.14. The van der Waals surface area contributed by atoms with E-state index in [4.69, 9.17) is 13.9 Å². The number of phosphoric acid groups is 1. The molecular formula is C6HBr4N2O4P. The SMILES string of the molecule is O=P12ON(O1)N(c1c(Br)cc(Br)c(Br)c1Br)O2. The molecule has 2 bridgehead atoms. The first kappa shape index (κ1) is 13.0. The van der Waals surface area contributed by atoms with Crippen molar-refractivity contribution in [2.45, 2.75) is 0 Å². The van der Waals surface area contributed by atoms with Crippen molar-refractivity contribution in [3.05, 3.63) is 24.0 Å². The number of anilines is 1. The first-order valence-electron chi connectivity index (χ1n) is 4.03. The molecule has 4 rings (SSSR count). The van der Waals surface area contributed by atoms with Crippen molar-refractivity contribution >= 4 is 77.2 Å². The van der Waals surface area contributed by atoms with Gasteiger partial charge in [-0.2, -0.15) is 0 Å². The third-order valence-electron chi connectivity index (χ3n) is 1.95. The Morgan fingerprint density at radius 2 is 1.65 bits per heavy atom. The van der Waals surface area contributed by atoms with Crippen LogP contribution < -0.4 is 5.17 Å². The molecule has 1 aromatic rings. The summed E-state index contributed by atoms with van der Waals surface area (Å²) >= 11 is 13.5. The Morgan fingerprint density at radius 1 is 1.00 bits per heavy atom. The van der Waals surface area contributed by atoms with E-state index in [9.17, 15) is 4.57 Å². The van der Waals surface area contributed by atoms with E-state index < -0.39 is 7.82 Å². The molecule has 0 radical (unpaired) electrons. The van der Waals surface area contributed by atoms with Crippen LogP contribution in [-0.4, -0.2) is 5.34 Å². The van der Waals surface area contributed by atoms with Gasteiger partial charge in [0.25, 0.3) is 0 Å². The summed E-state index contributed by atoms with van der Waals surface area (Å²) in [5, 5.41) is 2.07. The van der Waals surface area contributed by atoms with E-state index in [0.29, 0.717) is 14.6 Å². The molecule has 0 saturated carbocycles. The number of hydrogen-bond acceptors (Lipinski definition) is 6. The number of hydrazine groups is 1. The highest BCUT2D eigenvalue weighted by Crippen LogP contribution is 2.68. The van der Waals surface area contributed by atoms with E-state index in [2.05, 4.69) is 63.7 Å². The quantitative estimate of drug-likeness (QED) is 0.307. The molecule has 11 heteroatoms. The molecule has 3 heterocycles. The van der Waals surface area contributed by atoms with Crippen molar-refractivity contribution in [2.75, 3.05) is 5.17 Å². The van der Waals surface area contributed by atoms with Gasteiger partial charge in [0.1, 0.15) is 5.69 Å². The summed E-state index contributed by atoms with van der Waals surface area (Å²) in [7, 11) is -3.40. The minimum absolute atomic E-state index is 0.565. The minimum Gasteiger partial charge on any atom is -0.222 e. The van der Waals surface area contributed by atoms with Crippen LogP contribution in [0.15, 0.2) is 24.0 Å². The van der Waals surface area contributed by atoms with Crippen LogP contribution in [0.3, 0.4) is 0 Å². The molecule has 0 amide bonds. The van der Waals surface area contributed by atoms with E-state index in [0.717, 1.165) is 19.5 Å². The fourth-order valence-corrected chi connectivity index (χ4v) is 4.86. The van der Waals surface area contributed by atoms with Gasteiger partial charge in [0.15, 0.2) is 0 Å². The Bertz CT molecular complexity index is 559. The van der Waals surface area contributed by atoms with E-state index in [-0.39, 0.29) is 0 Å². The van der Waals surface area contributed by atoms with Crippen molar-refractivity contribution in [1.82, 2.24) is 5.34 Å². The molecule has 3 saturated heterocycles. The smallest absolute Gasteiger partial charge is 0.222 e. The van der Waals surface area contributed by atoms with Crippen molar-refractivity contribution < 1.29 is 18.4 Å². The van der Waals surface area contributed by atoms with Gasteiger partial charge in [-0.1, -0.05) is 0 Å². The van der Waals surface area contributed by atoms with Gasteiger partial charge in [-0.15, -0.1) is 19.0 Å². The molecule has 0 spiro atoms. The lowest BCUT2D eigenvalue weighted by atomic mass is 10.3. The number of fused-ring (bicyclic) bond motifs is 1. The van der Waals surface area contributed by atoms with Gasteiger partial charge in [-0.25, -0.2) is 4.57 Å². The van der Waals surface area contributed by atoms with Crippen LogP contribution in [0.4, 0.5) is 5.69 Å². The van der Waals surface area contributed by atoms with E-state index >= 15 is 0 Å². The van der Waals surface area contributed by atoms with Crippen LogP contribution in [0, 0.1) is 0 Å². The van der Waals surface area contributed by atoms with Crippen molar-refractivity contribution in [3.8, 4) is 0 Å². The predicted octanol–water partition coefficient (Wildman–Crippen LogP) is 4.69. The van der Waals surface area contributed by atoms with Crippen molar-refractivity contribution in [2.24, 2.45) is 0 Å². The topological polar surface area (TPSA) is 51.2 Å². The predicted molar refractivity (Wildman–Crippen MR) is 72.4 cm³/mol. The van der Waals surface area contributed by atoms with Crippen LogP contribution in [0.25, 0.3) is 0 Å². The zero-order chi connectivity index (χ0) is 12.4.